The third kappa shape index (κ3) is 6.43. The molecule has 1 aromatic rings. The third-order valence-corrected chi connectivity index (χ3v) is 5.12. The molecule has 3 heterocycles. The summed E-state index contributed by atoms with van der Waals surface area (Å²) in [5.74, 6) is 3.28. The second-order valence-electron chi connectivity index (χ2n) is 6.25. The lowest BCUT2D eigenvalue weighted by atomic mass is 10.3. The van der Waals surface area contributed by atoms with Crippen LogP contribution in [0.25, 0.3) is 0 Å². The van der Waals surface area contributed by atoms with Crippen molar-refractivity contribution in [1.29, 1.82) is 0 Å². The number of aromatic nitrogens is 2. The van der Waals surface area contributed by atoms with E-state index in [2.05, 4.69) is 24.6 Å². The molecule has 0 N–H and O–H groups in total. The van der Waals surface area contributed by atoms with Crippen LogP contribution >= 0.6 is 48.0 Å². The Kier molecular flexibility index (Phi) is 11.2. The fourth-order valence-electron chi connectivity index (χ4n) is 3.28. The smallest absolute Gasteiger partial charge is 0.227 e. The molecular formula is C16H28Cl4N6. The van der Waals surface area contributed by atoms with Crippen molar-refractivity contribution in [3.63, 3.8) is 0 Å². The standard InChI is InChI=1S/C16H26Cl2N6.2ClH/c17-2-5-21-7-11-23(12-8-21)15-1-4-19-16(20-15)24-13-9-22(6-3-18)10-14-24;;/h1,4H,2-3,5-14H2;2*1H. The first-order valence-electron chi connectivity index (χ1n) is 8.70. The van der Waals surface area contributed by atoms with E-state index in [0.717, 1.165) is 77.2 Å². The summed E-state index contributed by atoms with van der Waals surface area (Å²) in [6.45, 7) is 9.99. The van der Waals surface area contributed by atoms with E-state index in [-0.39, 0.29) is 24.8 Å². The number of nitrogens with zero attached hydrogens (tertiary/aromatic N) is 6. The molecule has 0 spiro atoms. The van der Waals surface area contributed by atoms with E-state index in [9.17, 15) is 0 Å². The van der Waals surface area contributed by atoms with Gasteiger partial charge in [-0.25, -0.2) is 4.98 Å². The quantitative estimate of drug-likeness (QED) is 0.624. The van der Waals surface area contributed by atoms with E-state index in [4.69, 9.17) is 28.2 Å². The van der Waals surface area contributed by atoms with Gasteiger partial charge in [-0.05, 0) is 6.07 Å². The van der Waals surface area contributed by atoms with Crippen molar-refractivity contribution in [1.82, 2.24) is 19.8 Å². The molecule has 3 rings (SSSR count). The van der Waals surface area contributed by atoms with Crippen molar-refractivity contribution in [3.05, 3.63) is 12.3 Å². The Hall–Kier alpha value is -0.240. The first-order chi connectivity index (χ1) is 11.8. The number of hydrogen-bond acceptors (Lipinski definition) is 6. The van der Waals surface area contributed by atoms with Crippen molar-refractivity contribution in [2.45, 2.75) is 0 Å². The zero-order valence-electron chi connectivity index (χ0n) is 14.9. The van der Waals surface area contributed by atoms with Gasteiger partial charge in [-0.1, -0.05) is 0 Å². The molecule has 0 unspecified atom stereocenters. The minimum Gasteiger partial charge on any atom is -0.354 e. The third-order valence-electron chi connectivity index (χ3n) is 4.78. The predicted molar refractivity (Wildman–Crippen MR) is 115 cm³/mol. The molecule has 10 heteroatoms. The summed E-state index contributed by atoms with van der Waals surface area (Å²) < 4.78 is 0. The van der Waals surface area contributed by atoms with Crippen LogP contribution in [0.5, 0.6) is 0 Å². The zero-order valence-corrected chi connectivity index (χ0v) is 18.0. The topological polar surface area (TPSA) is 38.7 Å². The largest absolute Gasteiger partial charge is 0.354 e. The average Bonchev–Trinajstić information content (AvgIpc) is 2.64. The predicted octanol–water partition coefficient (Wildman–Crippen LogP) is 2.04. The Bertz CT molecular complexity index is 466. The van der Waals surface area contributed by atoms with Crippen LogP contribution in [0.2, 0.25) is 0 Å². The van der Waals surface area contributed by atoms with Crippen molar-refractivity contribution in [2.24, 2.45) is 0 Å². The van der Waals surface area contributed by atoms with Gasteiger partial charge in [0.15, 0.2) is 0 Å². The zero-order chi connectivity index (χ0) is 16.8. The number of alkyl halides is 2. The van der Waals surface area contributed by atoms with Crippen LogP contribution in [0.15, 0.2) is 12.3 Å². The van der Waals surface area contributed by atoms with E-state index >= 15 is 0 Å². The number of hydrogen-bond donors (Lipinski definition) is 0. The molecule has 2 aliphatic heterocycles. The van der Waals surface area contributed by atoms with Crippen LogP contribution in [0, 0.1) is 0 Å². The normalized spacial score (nSPS) is 19.0. The van der Waals surface area contributed by atoms with Crippen LogP contribution in [0.1, 0.15) is 0 Å². The molecule has 150 valence electrons. The molecule has 0 aromatic carbocycles. The fraction of sp³-hybridized carbons (Fsp3) is 0.750. The van der Waals surface area contributed by atoms with Crippen LogP contribution in [0.3, 0.4) is 0 Å². The monoisotopic (exact) mass is 444 g/mol. The second-order valence-corrected chi connectivity index (χ2v) is 7.01. The van der Waals surface area contributed by atoms with Gasteiger partial charge in [0.05, 0.1) is 0 Å². The first-order valence-corrected chi connectivity index (χ1v) is 9.76. The van der Waals surface area contributed by atoms with Gasteiger partial charge in [0.1, 0.15) is 5.82 Å². The summed E-state index contributed by atoms with van der Waals surface area (Å²) in [7, 11) is 0. The molecule has 1 aromatic heterocycles. The molecular weight excluding hydrogens is 418 g/mol. The molecule has 0 bridgehead atoms. The van der Waals surface area contributed by atoms with Crippen molar-refractivity contribution in [2.75, 3.05) is 87.0 Å². The summed E-state index contributed by atoms with van der Waals surface area (Å²) >= 11 is 11.7. The van der Waals surface area contributed by atoms with E-state index in [1.807, 2.05) is 12.3 Å². The lowest BCUT2D eigenvalue weighted by Crippen LogP contribution is -2.48. The minimum atomic E-state index is 0. The molecule has 2 saturated heterocycles. The molecule has 0 radical (unpaired) electrons. The van der Waals surface area contributed by atoms with E-state index in [1.54, 1.807) is 0 Å². The molecule has 0 aliphatic carbocycles. The molecule has 2 aliphatic rings. The number of rotatable bonds is 6. The average molecular weight is 446 g/mol. The first kappa shape index (κ1) is 23.8. The minimum absolute atomic E-state index is 0. The number of halogens is 4. The van der Waals surface area contributed by atoms with Crippen LogP contribution in [-0.4, -0.2) is 97.0 Å². The van der Waals surface area contributed by atoms with Crippen LogP contribution < -0.4 is 9.80 Å². The van der Waals surface area contributed by atoms with Gasteiger partial charge in [0.25, 0.3) is 0 Å². The van der Waals surface area contributed by atoms with Gasteiger partial charge in [-0.15, -0.1) is 48.0 Å². The van der Waals surface area contributed by atoms with Crippen molar-refractivity contribution in [3.8, 4) is 0 Å². The number of anilines is 2. The SMILES string of the molecule is Cl.Cl.ClCCN1CCN(c2ccnc(N3CCN(CCCl)CC3)n2)CC1. The molecule has 26 heavy (non-hydrogen) atoms. The highest BCUT2D eigenvalue weighted by Crippen LogP contribution is 2.18. The maximum Gasteiger partial charge on any atom is 0.227 e. The van der Waals surface area contributed by atoms with E-state index in [1.165, 1.54) is 0 Å². The Morgan fingerprint density at radius 2 is 1.27 bits per heavy atom. The van der Waals surface area contributed by atoms with Crippen LogP contribution in [0.4, 0.5) is 11.8 Å². The highest BCUT2D eigenvalue weighted by Gasteiger charge is 2.21. The van der Waals surface area contributed by atoms with Crippen molar-refractivity contribution < 1.29 is 0 Å². The van der Waals surface area contributed by atoms with Gasteiger partial charge >= 0.3 is 0 Å². The summed E-state index contributed by atoms with van der Waals surface area (Å²) in [5.41, 5.74) is 0. The Balaban J connectivity index is 0.00000169. The lowest BCUT2D eigenvalue weighted by Gasteiger charge is -2.36. The Morgan fingerprint density at radius 1 is 0.769 bits per heavy atom. The van der Waals surface area contributed by atoms with Crippen LogP contribution in [-0.2, 0) is 0 Å². The highest BCUT2D eigenvalue weighted by atomic mass is 35.5. The van der Waals surface area contributed by atoms with E-state index in [0.29, 0.717) is 11.8 Å². The summed E-state index contributed by atoms with van der Waals surface area (Å²) in [6.07, 6.45) is 1.88. The maximum absolute atomic E-state index is 5.83. The highest BCUT2D eigenvalue weighted by molar-refractivity contribution is 6.18. The molecule has 6 nitrogen and oxygen atoms in total. The van der Waals surface area contributed by atoms with Gasteiger partial charge in [0, 0.05) is 83.4 Å². The van der Waals surface area contributed by atoms with Gasteiger partial charge in [-0.2, -0.15) is 4.98 Å². The Morgan fingerprint density at radius 3 is 1.77 bits per heavy atom. The van der Waals surface area contributed by atoms with Gasteiger partial charge in [-0.3, -0.25) is 9.80 Å². The Labute approximate surface area is 178 Å². The fourth-order valence-corrected chi connectivity index (χ4v) is 3.76. The summed E-state index contributed by atoms with van der Waals surface area (Å²) in [5, 5.41) is 0. The number of piperazine rings is 2. The molecule has 2 fully saturated rings. The summed E-state index contributed by atoms with van der Waals surface area (Å²) in [6, 6.07) is 2.02. The summed E-state index contributed by atoms with van der Waals surface area (Å²) in [4.78, 5) is 18.7. The van der Waals surface area contributed by atoms with Gasteiger partial charge in [0.2, 0.25) is 5.95 Å². The second kappa shape index (κ2) is 12.3. The molecule has 0 saturated carbocycles. The van der Waals surface area contributed by atoms with Crippen molar-refractivity contribution >= 4 is 59.8 Å². The maximum atomic E-state index is 5.83. The van der Waals surface area contributed by atoms with E-state index < -0.39 is 0 Å². The van der Waals surface area contributed by atoms with Gasteiger partial charge < -0.3 is 9.80 Å². The molecule has 0 atom stereocenters. The molecule has 0 amide bonds. The lowest BCUT2D eigenvalue weighted by molar-refractivity contribution is 0.270.